The minimum absolute atomic E-state index is 0.0933. The van der Waals surface area contributed by atoms with Gasteiger partial charge in [0.15, 0.2) is 0 Å². The van der Waals surface area contributed by atoms with Gasteiger partial charge in [0.05, 0.1) is 27.7 Å². The van der Waals surface area contributed by atoms with Crippen molar-refractivity contribution in [3.05, 3.63) is 85.5 Å². The van der Waals surface area contributed by atoms with Crippen molar-refractivity contribution in [1.82, 2.24) is 9.66 Å². The topological polar surface area (TPSA) is 97.7 Å². The minimum atomic E-state index is -1.06. The summed E-state index contributed by atoms with van der Waals surface area (Å²) in [7, 11) is 0. The lowest BCUT2D eigenvalue weighted by Gasteiger charge is -2.20. The number of rotatable bonds is 4. The number of aromatic nitrogens is 2. The van der Waals surface area contributed by atoms with Crippen LogP contribution in [0.5, 0.6) is 0 Å². The summed E-state index contributed by atoms with van der Waals surface area (Å²) in [6.07, 6.45) is 1.42. The molecule has 2 aromatic carbocycles. The number of carboxylic acids is 1. The molecule has 0 saturated heterocycles. The van der Waals surface area contributed by atoms with Crippen molar-refractivity contribution in [3.63, 3.8) is 0 Å². The number of hydrogen-bond donors (Lipinski definition) is 1. The Kier molecular flexibility index (Phi) is 5.99. The van der Waals surface area contributed by atoms with Crippen LogP contribution in [0.3, 0.4) is 0 Å². The van der Waals surface area contributed by atoms with Crippen molar-refractivity contribution < 1.29 is 14.3 Å². The summed E-state index contributed by atoms with van der Waals surface area (Å²) in [6, 6.07) is 13.0. The van der Waals surface area contributed by atoms with Crippen molar-refractivity contribution >= 4 is 50.6 Å². The van der Waals surface area contributed by atoms with Crippen LogP contribution in [-0.4, -0.2) is 27.0 Å². The van der Waals surface area contributed by atoms with Crippen LogP contribution in [0.25, 0.3) is 22.2 Å². The molecular weight excluding hydrogens is 510 g/mol. The van der Waals surface area contributed by atoms with Crippen LogP contribution in [0, 0.1) is 0 Å². The van der Waals surface area contributed by atoms with Crippen molar-refractivity contribution in [2.75, 3.05) is 0 Å². The average molecular weight is 529 g/mol. The fraction of sp³-hybridized carbons (Fsp3) is 0.167. The molecule has 2 aromatic heterocycles. The highest BCUT2D eigenvalue weighted by atomic mass is 79.9. The molecule has 0 unspecified atom stereocenters. The van der Waals surface area contributed by atoms with E-state index in [9.17, 15) is 14.7 Å². The van der Waals surface area contributed by atoms with Gasteiger partial charge in [0.1, 0.15) is 17.3 Å². The molecule has 0 fully saturated rings. The molecule has 0 atom stereocenters. The van der Waals surface area contributed by atoms with E-state index in [0.717, 1.165) is 4.47 Å². The summed E-state index contributed by atoms with van der Waals surface area (Å²) in [5, 5.41) is 14.4. The van der Waals surface area contributed by atoms with Gasteiger partial charge in [-0.15, -0.1) is 0 Å². The lowest BCUT2D eigenvalue weighted by Crippen LogP contribution is -2.29. The fourth-order valence-corrected chi connectivity index (χ4v) is 3.84. The molecule has 0 radical (unpaired) electrons. The van der Waals surface area contributed by atoms with Crippen LogP contribution < -0.4 is 5.56 Å². The maximum Gasteiger partial charge on any atom is 0.335 e. The maximum atomic E-state index is 13.2. The standard InChI is InChI=1S/C24H19BrClN3O4/c1-24(2,3)23-28-19-8-5-14(25)11-17(19)21(30)29(23)27-12-15-6-9-20(33-15)16-10-13(22(31)32)4-7-18(16)26/h4-12H,1-3H3,(H,31,32). The van der Waals surface area contributed by atoms with E-state index in [1.54, 1.807) is 24.3 Å². The molecule has 0 saturated carbocycles. The van der Waals surface area contributed by atoms with Gasteiger partial charge in [-0.25, -0.2) is 9.78 Å². The van der Waals surface area contributed by atoms with Crippen molar-refractivity contribution in [3.8, 4) is 11.3 Å². The molecule has 0 spiro atoms. The predicted molar refractivity (Wildman–Crippen MR) is 132 cm³/mol. The summed E-state index contributed by atoms with van der Waals surface area (Å²) in [4.78, 5) is 29.2. The van der Waals surface area contributed by atoms with E-state index < -0.39 is 11.4 Å². The summed E-state index contributed by atoms with van der Waals surface area (Å²) in [5.74, 6) is 0.185. The number of aromatic carboxylic acids is 1. The van der Waals surface area contributed by atoms with Gasteiger partial charge in [-0.05, 0) is 48.5 Å². The normalized spacial score (nSPS) is 12.0. The second-order valence-corrected chi connectivity index (χ2v) is 9.73. The highest BCUT2D eigenvalue weighted by Gasteiger charge is 2.23. The lowest BCUT2D eigenvalue weighted by atomic mass is 9.95. The van der Waals surface area contributed by atoms with Crippen molar-refractivity contribution in [2.24, 2.45) is 5.10 Å². The predicted octanol–water partition coefficient (Wildman–Crippen LogP) is 5.95. The molecule has 0 bridgehead atoms. The second kappa shape index (κ2) is 8.61. The first-order valence-electron chi connectivity index (χ1n) is 9.95. The zero-order valence-electron chi connectivity index (χ0n) is 18.0. The third kappa shape index (κ3) is 4.62. The van der Waals surface area contributed by atoms with Crippen LogP contribution in [0.15, 0.2) is 67.3 Å². The van der Waals surface area contributed by atoms with Gasteiger partial charge >= 0.3 is 5.97 Å². The number of hydrogen-bond acceptors (Lipinski definition) is 5. The number of halogens is 2. The Morgan fingerprint density at radius 1 is 1.18 bits per heavy atom. The smallest absolute Gasteiger partial charge is 0.335 e. The van der Waals surface area contributed by atoms with Crippen LogP contribution in [0.2, 0.25) is 5.02 Å². The van der Waals surface area contributed by atoms with Crippen molar-refractivity contribution in [2.45, 2.75) is 26.2 Å². The Morgan fingerprint density at radius 3 is 2.64 bits per heavy atom. The lowest BCUT2D eigenvalue weighted by molar-refractivity contribution is 0.0697. The summed E-state index contributed by atoms with van der Waals surface area (Å²) in [5.41, 5.74) is 0.382. The monoisotopic (exact) mass is 527 g/mol. The summed E-state index contributed by atoms with van der Waals surface area (Å²) in [6.45, 7) is 5.86. The van der Waals surface area contributed by atoms with E-state index in [-0.39, 0.29) is 11.1 Å². The Bertz CT molecular complexity index is 1480. The highest BCUT2D eigenvalue weighted by molar-refractivity contribution is 9.10. The zero-order valence-corrected chi connectivity index (χ0v) is 20.3. The van der Waals surface area contributed by atoms with E-state index in [2.05, 4.69) is 26.0 Å². The number of benzene rings is 2. The first-order valence-corrected chi connectivity index (χ1v) is 11.1. The summed E-state index contributed by atoms with van der Waals surface area (Å²) < 4.78 is 7.85. The van der Waals surface area contributed by atoms with E-state index in [0.29, 0.717) is 38.8 Å². The second-order valence-electron chi connectivity index (χ2n) is 8.41. The SMILES string of the molecule is CC(C)(C)c1nc2ccc(Br)cc2c(=O)n1N=Cc1ccc(-c2cc(C(=O)O)ccc2Cl)o1. The molecule has 1 N–H and O–H groups in total. The summed E-state index contributed by atoms with van der Waals surface area (Å²) >= 11 is 9.63. The zero-order chi connectivity index (χ0) is 23.9. The van der Waals surface area contributed by atoms with E-state index in [4.69, 9.17) is 16.0 Å². The molecule has 2 heterocycles. The molecule has 0 aliphatic rings. The van der Waals surface area contributed by atoms with E-state index >= 15 is 0 Å². The molecule has 0 amide bonds. The van der Waals surface area contributed by atoms with Gasteiger partial charge in [-0.1, -0.05) is 48.3 Å². The van der Waals surface area contributed by atoms with Crippen LogP contribution >= 0.6 is 27.5 Å². The van der Waals surface area contributed by atoms with Crippen LogP contribution in [-0.2, 0) is 5.41 Å². The molecular formula is C24H19BrClN3O4. The minimum Gasteiger partial charge on any atom is -0.478 e. The molecule has 0 aliphatic carbocycles. The van der Waals surface area contributed by atoms with Gasteiger partial charge in [0.25, 0.3) is 5.56 Å². The maximum absolute atomic E-state index is 13.2. The third-order valence-electron chi connectivity index (χ3n) is 4.89. The largest absolute Gasteiger partial charge is 0.478 e. The van der Waals surface area contributed by atoms with E-state index in [1.807, 2.05) is 26.8 Å². The number of nitrogens with zero attached hydrogens (tertiary/aromatic N) is 3. The molecule has 4 rings (SSSR count). The molecule has 33 heavy (non-hydrogen) atoms. The van der Waals surface area contributed by atoms with Gasteiger partial charge in [-0.3, -0.25) is 4.79 Å². The molecule has 4 aromatic rings. The first-order chi connectivity index (χ1) is 15.5. The Balaban J connectivity index is 1.78. The molecule has 9 heteroatoms. The molecule has 7 nitrogen and oxygen atoms in total. The Morgan fingerprint density at radius 2 is 1.94 bits per heavy atom. The van der Waals surface area contributed by atoms with Crippen molar-refractivity contribution in [1.29, 1.82) is 0 Å². The van der Waals surface area contributed by atoms with Crippen LogP contribution in [0.1, 0.15) is 42.7 Å². The van der Waals surface area contributed by atoms with Gasteiger partial charge < -0.3 is 9.52 Å². The van der Waals surface area contributed by atoms with Gasteiger partial charge in [-0.2, -0.15) is 9.78 Å². The number of furan rings is 1. The van der Waals surface area contributed by atoms with Gasteiger partial charge in [0.2, 0.25) is 0 Å². The Hall–Kier alpha value is -3.23. The third-order valence-corrected chi connectivity index (χ3v) is 5.71. The first kappa shape index (κ1) is 22.9. The average Bonchev–Trinajstić information content (AvgIpc) is 3.21. The number of carboxylic acid groups (broad SMARTS) is 1. The van der Waals surface area contributed by atoms with Gasteiger partial charge in [0, 0.05) is 15.5 Å². The van der Waals surface area contributed by atoms with Crippen LogP contribution in [0.4, 0.5) is 0 Å². The molecule has 168 valence electrons. The molecule has 0 aliphatic heterocycles. The Labute approximate surface area is 202 Å². The number of fused-ring (bicyclic) bond motifs is 1. The highest BCUT2D eigenvalue weighted by Crippen LogP contribution is 2.30. The quantitative estimate of drug-likeness (QED) is 0.330. The fourth-order valence-electron chi connectivity index (χ4n) is 3.27. The van der Waals surface area contributed by atoms with E-state index in [1.165, 1.54) is 29.1 Å². The number of carbonyl (C=O) groups is 1.